The van der Waals surface area contributed by atoms with Crippen molar-refractivity contribution in [3.63, 3.8) is 0 Å². The Morgan fingerprint density at radius 2 is 2.40 bits per heavy atom. The van der Waals surface area contributed by atoms with E-state index in [1.54, 1.807) is 25.3 Å². The van der Waals surface area contributed by atoms with E-state index in [1.807, 2.05) is 11.9 Å². The summed E-state index contributed by atoms with van der Waals surface area (Å²) in [7, 11) is 3.48. The van der Waals surface area contributed by atoms with Crippen molar-refractivity contribution in [1.82, 2.24) is 4.90 Å². The number of likely N-dealkylation sites (N-methyl/N-ethyl adjacent to an activating group) is 1. The first kappa shape index (κ1) is 14.6. The second-order valence-corrected chi connectivity index (χ2v) is 4.94. The van der Waals surface area contributed by atoms with E-state index < -0.39 is 0 Å². The first-order chi connectivity index (χ1) is 9.60. The van der Waals surface area contributed by atoms with Gasteiger partial charge < -0.3 is 20.5 Å². The van der Waals surface area contributed by atoms with Crippen LogP contribution in [0.25, 0.3) is 0 Å². The topological polar surface area (TPSA) is 76.8 Å². The van der Waals surface area contributed by atoms with Crippen LogP contribution in [0.5, 0.6) is 5.75 Å². The number of nitrogens with two attached hydrogens (primary N) is 1. The lowest BCUT2D eigenvalue weighted by Gasteiger charge is -2.22. The number of benzene rings is 1. The number of ether oxygens (including phenoxy) is 2. The normalized spacial score (nSPS) is 18.2. The lowest BCUT2D eigenvalue weighted by molar-refractivity contribution is -0.117. The molecule has 20 heavy (non-hydrogen) atoms. The molecule has 0 radical (unpaired) electrons. The van der Waals surface area contributed by atoms with E-state index in [0.29, 0.717) is 36.3 Å². The molecule has 1 saturated heterocycles. The van der Waals surface area contributed by atoms with Gasteiger partial charge >= 0.3 is 0 Å². The number of amides is 1. The van der Waals surface area contributed by atoms with Gasteiger partial charge in [0.1, 0.15) is 5.75 Å². The van der Waals surface area contributed by atoms with E-state index in [9.17, 15) is 4.79 Å². The van der Waals surface area contributed by atoms with Crippen molar-refractivity contribution < 1.29 is 14.3 Å². The van der Waals surface area contributed by atoms with Crippen LogP contribution in [-0.4, -0.2) is 50.8 Å². The molecule has 6 nitrogen and oxygen atoms in total. The largest absolute Gasteiger partial charge is 0.494 e. The fourth-order valence-corrected chi connectivity index (χ4v) is 2.23. The molecule has 1 aliphatic rings. The molecular weight excluding hydrogens is 258 g/mol. The summed E-state index contributed by atoms with van der Waals surface area (Å²) in [6, 6.07) is 5.47. The van der Waals surface area contributed by atoms with Crippen LogP contribution in [0.3, 0.4) is 0 Å². The predicted octanol–water partition coefficient (Wildman–Crippen LogP) is 0.937. The third-order valence-corrected chi connectivity index (χ3v) is 3.42. The molecule has 1 aromatic carbocycles. The second-order valence-electron chi connectivity index (χ2n) is 4.94. The number of carbonyl (C=O) groups excluding carboxylic acids is 1. The SMILES string of the molecule is COc1cc(N)ccc1NC(=O)CN(C)C1CCOC1. The number of hydrogen-bond donors (Lipinski definition) is 2. The fourth-order valence-electron chi connectivity index (χ4n) is 2.23. The van der Waals surface area contributed by atoms with Gasteiger partial charge in [0.2, 0.25) is 5.91 Å². The number of methoxy groups -OCH3 is 1. The number of rotatable bonds is 5. The molecule has 0 aromatic heterocycles. The Morgan fingerprint density at radius 1 is 1.60 bits per heavy atom. The maximum absolute atomic E-state index is 12.1. The van der Waals surface area contributed by atoms with Crippen LogP contribution in [0, 0.1) is 0 Å². The number of carbonyl (C=O) groups is 1. The molecule has 1 aliphatic heterocycles. The molecule has 1 amide bonds. The summed E-state index contributed by atoms with van der Waals surface area (Å²) in [5, 5.41) is 2.84. The average Bonchev–Trinajstić information content (AvgIpc) is 2.94. The van der Waals surface area contributed by atoms with Gasteiger partial charge in [-0.3, -0.25) is 9.69 Å². The summed E-state index contributed by atoms with van der Waals surface area (Å²) in [5.74, 6) is 0.479. The van der Waals surface area contributed by atoms with Crippen LogP contribution < -0.4 is 15.8 Å². The van der Waals surface area contributed by atoms with Crippen LogP contribution in [0.4, 0.5) is 11.4 Å². The number of anilines is 2. The molecule has 1 aromatic rings. The van der Waals surface area contributed by atoms with E-state index in [2.05, 4.69) is 5.32 Å². The lowest BCUT2D eigenvalue weighted by atomic mass is 10.2. The van der Waals surface area contributed by atoms with Crippen molar-refractivity contribution in [2.75, 3.05) is 45.0 Å². The van der Waals surface area contributed by atoms with Crippen molar-refractivity contribution >= 4 is 17.3 Å². The van der Waals surface area contributed by atoms with Gasteiger partial charge in [0.15, 0.2) is 0 Å². The smallest absolute Gasteiger partial charge is 0.238 e. The van der Waals surface area contributed by atoms with Crippen molar-refractivity contribution in [2.45, 2.75) is 12.5 Å². The predicted molar refractivity (Wildman–Crippen MR) is 77.9 cm³/mol. The van der Waals surface area contributed by atoms with Gasteiger partial charge in [-0.1, -0.05) is 0 Å². The summed E-state index contributed by atoms with van der Waals surface area (Å²) in [6.07, 6.45) is 0.967. The van der Waals surface area contributed by atoms with Crippen LogP contribution >= 0.6 is 0 Å². The van der Waals surface area contributed by atoms with E-state index in [1.165, 1.54) is 0 Å². The Balaban J connectivity index is 1.93. The summed E-state index contributed by atoms with van der Waals surface area (Å²) in [5.41, 5.74) is 6.91. The molecule has 0 bridgehead atoms. The standard InChI is InChI=1S/C14H21N3O3/c1-17(11-5-6-20-9-11)8-14(18)16-12-4-3-10(15)7-13(12)19-2/h3-4,7,11H,5-6,8-9,15H2,1-2H3,(H,16,18). The monoisotopic (exact) mass is 279 g/mol. The number of hydrogen-bond acceptors (Lipinski definition) is 5. The summed E-state index contributed by atoms with van der Waals surface area (Å²) >= 11 is 0. The highest BCUT2D eigenvalue weighted by molar-refractivity contribution is 5.94. The van der Waals surface area contributed by atoms with Crippen LogP contribution in [-0.2, 0) is 9.53 Å². The molecule has 1 unspecified atom stereocenters. The van der Waals surface area contributed by atoms with E-state index in [4.69, 9.17) is 15.2 Å². The van der Waals surface area contributed by atoms with Gasteiger partial charge in [-0.05, 0) is 25.6 Å². The van der Waals surface area contributed by atoms with Gasteiger partial charge in [0.05, 0.1) is 25.9 Å². The van der Waals surface area contributed by atoms with E-state index in [0.717, 1.165) is 13.0 Å². The van der Waals surface area contributed by atoms with E-state index in [-0.39, 0.29) is 5.91 Å². The molecule has 0 spiro atoms. The number of nitrogen functional groups attached to an aromatic ring is 1. The summed E-state index contributed by atoms with van der Waals surface area (Å²) in [6.45, 7) is 1.78. The van der Waals surface area contributed by atoms with Crippen molar-refractivity contribution in [3.8, 4) is 5.75 Å². The van der Waals surface area contributed by atoms with Gasteiger partial charge in [-0.2, -0.15) is 0 Å². The minimum Gasteiger partial charge on any atom is -0.494 e. The van der Waals surface area contributed by atoms with Gasteiger partial charge in [-0.15, -0.1) is 0 Å². The van der Waals surface area contributed by atoms with Crippen LogP contribution in [0.15, 0.2) is 18.2 Å². The highest BCUT2D eigenvalue weighted by atomic mass is 16.5. The number of nitrogens with zero attached hydrogens (tertiary/aromatic N) is 1. The van der Waals surface area contributed by atoms with Crippen LogP contribution in [0.1, 0.15) is 6.42 Å². The Bertz CT molecular complexity index is 473. The minimum atomic E-state index is -0.0810. The third kappa shape index (κ3) is 3.61. The maximum Gasteiger partial charge on any atom is 0.238 e. The molecule has 2 rings (SSSR count). The van der Waals surface area contributed by atoms with E-state index >= 15 is 0 Å². The van der Waals surface area contributed by atoms with Gasteiger partial charge in [0.25, 0.3) is 0 Å². The Hall–Kier alpha value is -1.79. The van der Waals surface area contributed by atoms with Crippen molar-refractivity contribution in [2.24, 2.45) is 0 Å². The fraction of sp³-hybridized carbons (Fsp3) is 0.500. The first-order valence-corrected chi connectivity index (χ1v) is 6.61. The van der Waals surface area contributed by atoms with Gasteiger partial charge in [0, 0.05) is 24.4 Å². The molecule has 0 saturated carbocycles. The zero-order valence-electron chi connectivity index (χ0n) is 11.9. The lowest BCUT2D eigenvalue weighted by Crippen LogP contribution is -2.38. The maximum atomic E-state index is 12.1. The zero-order chi connectivity index (χ0) is 14.5. The van der Waals surface area contributed by atoms with Crippen LogP contribution in [0.2, 0.25) is 0 Å². The molecule has 0 aliphatic carbocycles. The highest BCUT2D eigenvalue weighted by Crippen LogP contribution is 2.26. The Labute approximate surface area is 118 Å². The molecule has 3 N–H and O–H groups in total. The molecule has 1 atom stereocenters. The Morgan fingerprint density at radius 3 is 3.05 bits per heavy atom. The molecule has 6 heteroatoms. The average molecular weight is 279 g/mol. The highest BCUT2D eigenvalue weighted by Gasteiger charge is 2.22. The quantitative estimate of drug-likeness (QED) is 0.784. The first-order valence-electron chi connectivity index (χ1n) is 6.61. The third-order valence-electron chi connectivity index (χ3n) is 3.42. The Kier molecular flexibility index (Phi) is 4.81. The molecule has 110 valence electrons. The van der Waals surface area contributed by atoms with Crippen molar-refractivity contribution in [3.05, 3.63) is 18.2 Å². The summed E-state index contributed by atoms with van der Waals surface area (Å²) < 4.78 is 10.5. The minimum absolute atomic E-state index is 0.0810. The molecule has 1 heterocycles. The molecule has 1 fully saturated rings. The molecular formula is C14H21N3O3. The number of nitrogens with one attached hydrogen (secondary N) is 1. The summed E-state index contributed by atoms with van der Waals surface area (Å²) in [4.78, 5) is 14.1. The van der Waals surface area contributed by atoms with Gasteiger partial charge in [-0.25, -0.2) is 0 Å². The van der Waals surface area contributed by atoms with Crippen molar-refractivity contribution in [1.29, 1.82) is 0 Å². The zero-order valence-corrected chi connectivity index (χ0v) is 11.9. The second kappa shape index (κ2) is 6.58.